The first-order valence-electron chi connectivity index (χ1n) is 5.91. The Hall–Kier alpha value is -0.770. The van der Waals surface area contributed by atoms with Crippen LogP contribution in [0.4, 0.5) is 4.79 Å². The molecule has 1 saturated heterocycles. The van der Waals surface area contributed by atoms with Crippen molar-refractivity contribution in [1.82, 2.24) is 4.90 Å². The molecule has 4 heteroatoms. The second kappa shape index (κ2) is 5.04. The molecule has 0 saturated carbocycles. The van der Waals surface area contributed by atoms with Crippen molar-refractivity contribution in [3.05, 3.63) is 0 Å². The maximum absolute atomic E-state index is 11.9. The minimum absolute atomic E-state index is 0.161. The van der Waals surface area contributed by atoms with E-state index in [1.54, 1.807) is 4.90 Å². The summed E-state index contributed by atoms with van der Waals surface area (Å²) in [4.78, 5) is 13.7. The van der Waals surface area contributed by atoms with Crippen LogP contribution in [0.2, 0.25) is 0 Å². The number of nitrogens with zero attached hydrogens (tertiary/aromatic N) is 1. The van der Waals surface area contributed by atoms with E-state index >= 15 is 0 Å². The van der Waals surface area contributed by atoms with Gasteiger partial charge in [-0.1, -0.05) is 0 Å². The van der Waals surface area contributed by atoms with E-state index in [0.29, 0.717) is 12.6 Å². The SMILES string of the molecule is CC(C)N(CCC1CO1)C(=O)OC(C)(C)C. The fourth-order valence-corrected chi connectivity index (χ4v) is 1.40. The van der Waals surface area contributed by atoms with E-state index in [-0.39, 0.29) is 12.1 Å². The van der Waals surface area contributed by atoms with Crippen molar-refractivity contribution in [2.24, 2.45) is 0 Å². The van der Waals surface area contributed by atoms with Crippen LogP contribution in [-0.4, -0.2) is 41.9 Å². The third-order valence-electron chi connectivity index (χ3n) is 2.35. The van der Waals surface area contributed by atoms with Crippen LogP contribution in [0.15, 0.2) is 0 Å². The summed E-state index contributed by atoms with van der Waals surface area (Å²) >= 11 is 0. The highest BCUT2D eigenvalue weighted by Gasteiger charge is 2.28. The molecule has 16 heavy (non-hydrogen) atoms. The predicted octanol–water partition coefficient (Wildman–Crippen LogP) is 2.42. The number of carbonyl (C=O) groups is 1. The third-order valence-corrected chi connectivity index (χ3v) is 2.35. The van der Waals surface area contributed by atoms with Gasteiger partial charge in [0, 0.05) is 12.6 Å². The lowest BCUT2D eigenvalue weighted by Gasteiger charge is -2.29. The molecule has 0 bridgehead atoms. The molecule has 0 radical (unpaired) electrons. The van der Waals surface area contributed by atoms with Crippen molar-refractivity contribution in [1.29, 1.82) is 0 Å². The van der Waals surface area contributed by atoms with Crippen LogP contribution < -0.4 is 0 Å². The fourth-order valence-electron chi connectivity index (χ4n) is 1.40. The van der Waals surface area contributed by atoms with Crippen molar-refractivity contribution >= 4 is 6.09 Å². The van der Waals surface area contributed by atoms with Gasteiger partial charge in [-0.05, 0) is 41.0 Å². The molecule has 0 aliphatic carbocycles. The van der Waals surface area contributed by atoms with Crippen molar-refractivity contribution in [3.63, 3.8) is 0 Å². The maximum atomic E-state index is 11.9. The molecule has 1 atom stereocenters. The zero-order chi connectivity index (χ0) is 12.3. The predicted molar refractivity (Wildman–Crippen MR) is 62.4 cm³/mol. The Balaban J connectivity index is 2.43. The molecule has 1 amide bonds. The van der Waals surface area contributed by atoms with Crippen LogP contribution in [0.3, 0.4) is 0 Å². The number of carbonyl (C=O) groups excluding carboxylic acids is 1. The van der Waals surface area contributed by atoms with Crippen molar-refractivity contribution in [2.45, 2.75) is 58.8 Å². The Bertz CT molecular complexity index is 241. The topological polar surface area (TPSA) is 42.1 Å². The standard InChI is InChI=1S/C12H23NO3/c1-9(2)13(7-6-10-8-15-10)11(14)16-12(3,4)5/h9-10H,6-8H2,1-5H3. The molecule has 1 rings (SSSR count). The van der Waals surface area contributed by atoms with E-state index in [1.165, 1.54) is 0 Å². The molecule has 0 aromatic heterocycles. The minimum Gasteiger partial charge on any atom is -0.444 e. The van der Waals surface area contributed by atoms with Gasteiger partial charge >= 0.3 is 6.09 Å². The molecule has 0 N–H and O–H groups in total. The van der Waals surface area contributed by atoms with Crippen LogP contribution in [-0.2, 0) is 9.47 Å². The van der Waals surface area contributed by atoms with Crippen LogP contribution in [0.25, 0.3) is 0 Å². The summed E-state index contributed by atoms with van der Waals surface area (Å²) in [6.07, 6.45) is 1.02. The molecule has 94 valence electrons. The molecule has 1 aliphatic heterocycles. The minimum atomic E-state index is -0.430. The fraction of sp³-hybridized carbons (Fsp3) is 0.917. The lowest BCUT2D eigenvalue weighted by atomic mass is 10.2. The number of ether oxygens (including phenoxy) is 2. The summed E-state index contributed by atoms with van der Waals surface area (Å²) in [5.74, 6) is 0. The normalized spacial score (nSPS) is 19.8. The maximum Gasteiger partial charge on any atom is 0.410 e. The van der Waals surface area contributed by atoms with Crippen LogP contribution in [0.1, 0.15) is 41.0 Å². The third kappa shape index (κ3) is 4.84. The van der Waals surface area contributed by atoms with Crippen LogP contribution >= 0.6 is 0 Å². The van der Waals surface area contributed by atoms with Gasteiger partial charge in [-0.2, -0.15) is 0 Å². The quantitative estimate of drug-likeness (QED) is 0.695. The summed E-state index contributed by atoms with van der Waals surface area (Å²) in [5, 5.41) is 0. The highest BCUT2D eigenvalue weighted by Crippen LogP contribution is 2.17. The molecule has 0 aromatic rings. The van der Waals surface area contributed by atoms with Gasteiger partial charge in [0.15, 0.2) is 0 Å². The Kier molecular flexibility index (Phi) is 4.19. The highest BCUT2D eigenvalue weighted by atomic mass is 16.6. The summed E-state index contributed by atoms with van der Waals surface area (Å²) < 4.78 is 10.5. The molecule has 0 aromatic carbocycles. The first kappa shape index (κ1) is 13.3. The van der Waals surface area contributed by atoms with Gasteiger partial charge in [-0.15, -0.1) is 0 Å². The first-order chi connectivity index (χ1) is 7.29. The monoisotopic (exact) mass is 229 g/mol. The van der Waals surface area contributed by atoms with Crippen molar-refractivity contribution in [2.75, 3.05) is 13.2 Å². The zero-order valence-corrected chi connectivity index (χ0v) is 10.9. The van der Waals surface area contributed by atoms with Crippen LogP contribution in [0, 0.1) is 0 Å². The Labute approximate surface area is 97.9 Å². The van der Waals surface area contributed by atoms with Gasteiger partial charge in [-0.3, -0.25) is 0 Å². The molecule has 4 nitrogen and oxygen atoms in total. The molecule has 0 spiro atoms. The second-order valence-electron chi connectivity index (χ2n) is 5.51. The van der Waals surface area contributed by atoms with Gasteiger partial charge < -0.3 is 14.4 Å². The van der Waals surface area contributed by atoms with E-state index in [2.05, 4.69) is 0 Å². The van der Waals surface area contributed by atoms with Crippen molar-refractivity contribution < 1.29 is 14.3 Å². The van der Waals surface area contributed by atoms with E-state index in [1.807, 2.05) is 34.6 Å². The molecular weight excluding hydrogens is 206 g/mol. The van der Waals surface area contributed by atoms with Gasteiger partial charge in [0.25, 0.3) is 0 Å². The zero-order valence-electron chi connectivity index (χ0n) is 10.9. The number of epoxide rings is 1. The van der Waals surface area contributed by atoms with E-state index in [0.717, 1.165) is 13.0 Å². The average molecular weight is 229 g/mol. The Morgan fingerprint density at radius 2 is 2.06 bits per heavy atom. The summed E-state index contributed by atoms with van der Waals surface area (Å²) in [6, 6.07) is 0.161. The average Bonchev–Trinajstić information content (AvgIpc) is 2.83. The van der Waals surface area contributed by atoms with Gasteiger partial charge in [-0.25, -0.2) is 4.79 Å². The van der Waals surface area contributed by atoms with E-state index < -0.39 is 5.60 Å². The van der Waals surface area contributed by atoms with Gasteiger partial charge in [0.1, 0.15) is 5.60 Å². The van der Waals surface area contributed by atoms with E-state index in [9.17, 15) is 4.79 Å². The largest absolute Gasteiger partial charge is 0.444 e. The Morgan fingerprint density at radius 1 is 1.50 bits per heavy atom. The summed E-state index contributed by atoms with van der Waals surface area (Å²) in [6.45, 7) is 11.2. The first-order valence-corrected chi connectivity index (χ1v) is 5.91. The number of rotatable bonds is 4. The molecule has 1 unspecified atom stereocenters. The number of hydrogen-bond donors (Lipinski definition) is 0. The molecule has 1 fully saturated rings. The lowest BCUT2D eigenvalue weighted by molar-refractivity contribution is 0.0185. The van der Waals surface area contributed by atoms with Gasteiger partial charge in [0.05, 0.1) is 12.7 Å². The van der Waals surface area contributed by atoms with Gasteiger partial charge in [0.2, 0.25) is 0 Å². The summed E-state index contributed by atoms with van der Waals surface area (Å²) in [7, 11) is 0. The second-order valence-corrected chi connectivity index (χ2v) is 5.51. The Morgan fingerprint density at radius 3 is 2.44 bits per heavy atom. The summed E-state index contributed by atoms with van der Waals surface area (Å²) in [5.41, 5.74) is -0.430. The molecular formula is C12H23NO3. The highest BCUT2D eigenvalue weighted by molar-refractivity contribution is 5.68. The molecule has 1 aliphatic rings. The molecule has 1 heterocycles. The van der Waals surface area contributed by atoms with Crippen LogP contribution in [0.5, 0.6) is 0 Å². The number of amides is 1. The smallest absolute Gasteiger partial charge is 0.410 e. The van der Waals surface area contributed by atoms with E-state index in [4.69, 9.17) is 9.47 Å². The van der Waals surface area contributed by atoms with Crippen molar-refractivity contribution in [3.8, 4) is 0 Å². The number of hydrogen-bond acceptors (Lipinski definition) is 3. The lowest BCUT2D eigenvalue weighted by Crippen LogP contribution is -2.41.